The minimum atomic E-state index is -2.25. The van der Waals surface area contributed by atoms with Gasteiger partial charge >= 0.3 is 246 Å². The summed E-state index contributed by atoms with van der Waals surface area (Å²) in [5.74, 6) is 0.558. The van der Waals surface area contributed by atoms with Gasteiger partial charge in [0, 0.05) is 0 Å². The molecule has 1 heteroatoms. The zero-order chi connectivity index (χ0) is 28.4. The molecule has 1 unspecified atom stereocenters. The fourth-order valence-electron chi connectivity index (χ4n) is 8.07. The Balaban J connectivity index is 1.50. The second-order valence-electron chi connectivity index (χ2n) is 15.1. The molecule has 0 saturated carbocycles. The van der Waals surface area contributed by atoms with Crippen molar-refractivity contribution in [1.29, 1.82) is 0 Å². The normalized spacial score (nSPS) is 21.7. The first kappa shape index (κ1) is 27.3. The molecule has 1 atom stereocenters. The van der Waals surface area contributed by atoms with E-state index >= 15 is 0 Å². The van der Waals surface area contributed by atoms with Gasteiger partial charge in [0.25, 0.3) is 0 Å². The van der Waals surface area contributed by atoms with E-state index in [2.05, 4.69) is 126 Å². The zero-order valence-corrected chi connectivity index (χ0v) is 28.8. The first-order chi connectivity index (χ1) is 18.0. The van der Waals surface area contributed by atoms with Gasteiger partial charge in [-0.1, -0.05) is 0 Å². The van der Waals surface area contributed by atoms with Gasteiger partial charge in [-0.3, -0.25) is 0 Å². The van der Waals surface area contributed by atoms with Crippen molar-refractivity contribution in [2.24, 2.45) is 11.3 Å². The van der Waals surface area contributed by atoms with Crippen molar-refractivity contribution in [3.05, 3.63) is 88.0 Å². The molecule has 0 aliphatic heterocycles. The Morgan fingerprint density at radius 1 is 0.846 bits per heavy atom. The van der Waals surface area contributed by atoms with Crippen molar-refractivity contribution in [2.45, 2.75) is 100 Å². The van der Waals surface area contributed by atoms with Crippen molar-refractivity contribution >= 4 is 14.4 Å². The molecule has 2 aromatic carbocycles. The number of rotatable bonds is 2. The summed E-state index contributed by atoms with van der Waals surface area (Å²) in [5.41, 5.74) is 17.0. The molecule has 0 saturated heterocycles. The first-order valence-corrected chi connectivity index (χ1v) is 18.6. The van der Waals surface area contributed by atoms with Gasteiger partial charge in [0.15, 0.2) is 0 Å². The van der Waals surface area contributed by atoms with E-state index in [0.29, 0.717) is 5.92 Å². The van der Waals surface area contributed by atoms with E-state index in [9.17, 15) is 0 Å². The molecule has 0 radical (unpaired) electrons. The van der Waals surface area contributed by atoms with Crippen LogP contribution in [0.3, 0.4) is 0 Å². The van der Waals surface area contributed by atoms with Crippen molar-refractivity contribution in [2.75, 3.05) is 0 Å². The monoisotopic (exact) mass is 592 g/mol. The van der Waals surface area contributed by atoms with E-state index in [0.717, 1.165) is 6.42 Å². The number of hydrogen-bond acceptors (Lipinski definition) is 0. The van der Waals surface area contributed by atoms with Crippen molar-refractivity contribution in [3.63, 3.8) is 0 Å². The van der Waals surface area contributed by atoms with Gasteiger partial charge in [0.05, 0.1) is 0 Å². The number of hydrogen-bond donors (Lipinski definition) is 0. The molecule has 0 amide bonds. The molecule has 0 fully saturated rings. The topological polar surface area (TPSA) is 0 Å². The van der Waals surface area contributed by atoms with Crippen LogP contribution in [-0.2, 0) is 38.5 Å². The average molecular weight is 594 g/mol. The van der Waals surface area contributed by atoms with Crippen LogP contribution < -0.4 is 0 Å². The molecule has 0 bridgehead atoms. The summed E-state index contributed by atoms with van der Waals surface area (Å²) in [7, 11) is 0. The van der Waals surface area contributed by atoms with Crippen LogP contribution in [0.15, 0.2) is 54.6 Å². The van der Waals surface area contributed by atoms with Crippen LogP contribution in [0.1, 0.15) is 116 Å². The predicted molar refractivity (Wildman–Crippen MR) is 168 cm³/mol. The van der Waals surface area contributed by atoms with Crippen LogP contribution in [0.2, 0.25) is 0 Å². The summed E-state index contributed by atoms with van der Waals surface area (Å²) < 4.78 is 5.28. The number of fused-ring (bicyclic) bond motifs is 5. The standard InChI is InChI=1S/C25H25.C10H15.C3H6.Zr/c1-14-12-24(3,4)22-8-16-7-17-9-23-19(15(2)13-25(23,5)6)11-21(17)20(16)10-18(14)22;1-8-5-6-9(7-8)10(2,3)4;1-3-2;/h8-12H,7H2,1-6H3;6-8H,1-4H3;1-2H3;. The molecule has 202 valence electrons. The van der Waals surface area contributed by atoms with Gasteiger partial charge in [-0.2, -0.15) is 0 Å². The van der Waals surface area contributed by atoms with Gasteiger partial charge in [0.1, 0.15) is 0 Å². The summed E-state index contributed by atoms with van der Waals surface area (Å²) >= 11 is -2.25. The van der Waals surface area contributed by atoms with Crippen LogP contribution in [0, 0.1) is 11.3 Å². The SMILES string of the molecule is CC1=CC(C)(C)c2cc3c(cc21)-c1cc2c(cc1C3)C(C)(C)[C]([Zr]([C]1=CC(C(C)(C)C)=CC1C)=[C](C)C)=C2C. The van der Waals surface area contributed by atoms with Crippen molar-refractivity contribution < 1.29 is 21.3 Å². The van der Waals surface area contributed by atoms with Gasteiger partial charge in [0.2, 0.25) is 0 Å². The van der Waals surface area contributed by atoms with Crippen molar-refractivity contribution in [1.82, 2.24) is 0 Å². The molecule has 0 nitrogen and oxygen atoms in total. The molecule has 4 aliphatic carbocycles. The van der Waals surface area contributed by atoms with Crippen LogP contribution in [0.4, 0.5) is 0 Å². The molecular weight excluding hydrogens is 548 g/mol. The van der Waals surface area contributed by atoms with Gasteiger partial charge in [-0.25, -0.2) is 0 Å². The van der Waals surface area contributed by atoms with E-state index in [1.54, 1.807) is 20.9 Å². The Bertz CT molecular complexity index is 1630. The second kappa shape index (κ2) is 8.58. The second-order valence-corrected chi connectivity index (χ2v) is 22.0. The van der Waals surface area contributed by atoms with E-state index < -0.39 is 21.3 Å². The molecule has 0 N–H and O–H groups in total. The van der Waals surface area contributed by atoms with E-state index in [1.807, 2.05) is 0 Å². The molecule has 2 aromatic rings. The number of allylic oxidation sites excluding steroid dienone is 8. The summed E-state index contributed by atoms with van der Waals surface area (Å²) in [5, 5.41) is 0. The van der Waals surface area contributed by atoms with Gasteiger partial charge in [-0.15, -0.1) is 0 Å². The summed E-state index contributed by atoms with van der Waals surface area (Å²) in [4.78, 5) is 0. The fourth-order valence-corrected chi connectivity index (χ4v) is 16.6. The molecule has 6 rings (SSSR count). The maximum absolute atomic E-state index is 2.62. The summed E-state index contributed by atoms with van der Waals surface area (Å²) in [6, 6.07) is 10.2. The number of benzene rings is 2. The fraction of sp³-hybridized carbons (Fsp3) is 0.447. The van der Waals surface area contributed by atoms with E-state index in [-0.39, 0.29) is 16.2 Å². The first-order valence-electron chi connectivity index (χ1n) is 14.9. The molecule has 0 aromatic heterocycles. The molecule has 39 heavy (non-hydrogen) atoms. The van der Waals surface area contributed by atoms with E-state index in [1.165, 1.54) is 50.1 Å². The van der Waals surface area contributed by atoms with Crippen LogP contribution in [0.25, 0.3) is 22.3 Å². The minimum absolute atomic E-state index is 0.0867. The van der Waals surface area contributed by atoms with Crippen LogP contribution in [0.5, 0.6) is 0 Å². The van der Waals surface area contributed by atoms with E-state index in [4.69, 9.17) is 0 Å². The van der Waals surface area contributed by atoms with Crippen LogP contribution in [-0.4, -0.2) is 3.21 Å². The van der Waals surface area contributed by atoms with Gasteiger partial charge < -0.3 is 0 Å². The third-order valence-electron chi connectivity index (χ3n) is 10.1. The quantitative estimate of drug-likeness (QED) is 0.277. The summed E-state index contributed by atoms with van der Waals surface area (Å²) in [6.07, 6.45) is 8.70. The summed E-state index contributed by atoms with van der Waals surface area (Å²) in [6.45, 7) is 28.9. The average Bonchev–Trinajstić information content (AvgIpc) is 3.49. The predicted octanol–water partition coefficient (Wildman–Crippen LogP) is 10.3. The van der Waals surface area contributed by atoms with Crippen LogP contribution >= 0.6 is 0 Å². The van der Waals surface area contributed by atoms with Crippen molar-refractivity contribution in [3.8, 4) is 11.1 Å². The Kier molecular flexibility index (Phi) is 6.01. The Labute approximate surface area is 245 Å². The molecular formula is C38H46Zr. The maximum atomic E-state index is 2.62. The third kappa shape index (κ3) is 3.96. The molecule has 0 heterocycles. The Morgan fingerprint density at radius 3 is 2.00 bits per heavy atom. The molecule has 0 spiro atoms. The Morgan fingerprint density at radius 2 is 1.44 bits per heavy atom. The Hall–Kier alpha value is -1.85. The zero-order valence-electron chi connectivity index (χ0n) is 26.3. The molecule has 4 aliphatic rings. The van der Waals surface area contributed by atoms with Gasteiger partial charge in [-0.05, 0) is 0 Å². The third-order valence-corrected chi connectivity index (χ3v) is 19.1.